The molecule has 2 aromatic carbocycles. The van der Waals surface area contributed by atoms with Gasteiger partial charge in [0.05, 0.1) is 10.8 Å². The maximum atomic E-state index is 13.2. The van der Waals surface area contributed by atoms with Crippen LogP contribution in [0.5, 0.6) is 5.75 Å². The number of ether oxygens (including phenoxy) is 1. The molecular weight excluding hydrogens is 427 g/mol. The van der Waals surface area contributed by atoms with Crippen LogP contribution in [-0.2, 0) is 17.9 Å². The second kappa shape index (κ2) is 9.95. The van der Waals surface area contributed by atoms with E-state index in [1.165, 1.54) is 35.5 Å². The lowest BCUT2D eigenvalue weighted by Crippen LogP contribution is -2.15. The van der Waals surface area contributed by atoms with Gasteiger partial charge in [-0.25, -0.2) is 4.39 Å². The maximum absolute atomic E-state index is 13.2. The third-order valence-corrected chi connectivity index (χ3v) is 5.75. The van der Waals surface area contributed by atoms with E-state index in [2.05, 4.69) is 22.4 Å². The molecule has 0 radical (unpaired) electrons. The monoisotopic (exact) mass is 448 g/mol. The molecule has 0 atom stereocenters. The van der Waals surface area contributed by atoms with Crippen molar-refractivity contribution in [2.75, 3.05) is 11.1 Å². The van der Waals surface area contributed by atoms with Crippen LogP contribution in [0.3, 0.4) is 0 Å². The van der Waals surface area contributed by atoms with Gasteiger partial charge in [0.25, 0.3) is 0 Å². The number of carbonyl (C=O) groups excluding carboxylic acids is 1. The first kappa shape index (κ1) is 22.1. The minimum atomic E-state index is -0.532. The number of aromatic nitrogens is 3. The summed E-state index contributed by atoms with van der Waals surface area (Å²) in [5.41, 5.74) is 2.81. The third kappa shape index (κ3) is 5.52. The number of halogens is 2. The molecule has 0 aliphatic heterocycles. The first-order valence-electron chi connectivity index (χ1n) is 9.37. The number of rotatable bonds is 8. The summed E-state index contributed by atoms with van der Waals surface area (Å²) in [6, 6.07) is 9.97. The van der Waals surface area contributed by atoms with Crippen molar-refractivity contribution in [3.8, 4) is 5.75 Å². The summed E-state index contributed by atoms with van der Waals surface area (Å²) in [5, 5.41) is 11.7. The number of amides is 1. The zero-order chi connectivity index (χ0) is 21.7. The number of hydrogen-bond acceptors (Lipinski definition) is 5. The largest absolute Gasteiger partial charge is 0.486 e. The Morgan fingerprint density at radius 1 is 1.20 bits per heavy atom. The van der Waals surface area contributed by atoms with Crippen LogP contribution in [0.1, 0.15) is 23.9 Å². The summed E-state index contributed by atoms with van der Waals surface area (Å²) >= 11 is 7.01. The minimum Gasteiger partial charge on any atom is -0.486 e. The number of aryl methyl sites for hydroxylation is 2. The van der Waals surface area contributed by atoms with Gasteiger partial charge in [-0.05, 0) is 62.2 Å². The standard InChI is InChI=1S/C21H22ClFN4O2S/c1-4-27-19(11-29-16-7-5-13(2)14(3)9-16)25-26-21(27)30-12-20(28)24-15-6-8-18(23)17(22)10-15/h5-10H,4,11-12H2,1-3H3,(H,24,28). The SMILES string of the molecule is CCn1c(COc2ccc(C)c(C)c2)nnc1SCC(=O)Nc1ccc(F)c(Cl)c1. The normalized spacial score (nSPS) is 10.8. The number of benzene rings is 2. The number of hydrogen-bond donors (Lipinski definition) is 1. The van der Waals surface area contributed by atoms with Gasteiger partial charge in [0.2, 0.25) is 5.91 Å². The molecule has 6 nitrogen and oxygen atoms in total. The van der Waals surface area contributed by atoms with E-state index in [4.69, 9.17) is 16.3 Å². The van der Waals surface area contributed by atoms with Crippen LogP contribution in [0.2, 0.25) is 5.02 Å². The smallest absolute Gasteiger partial charge is 0.234 e. The van der Waals surface area contributed by atoms with Crippen LogP contribution in [0, 0.1) is 19.7 Å². The molecule has 9 heteroatoms. The van der Waals surface area contributed by atoms with Crippen molar-refractivity contribution in [3.05, 3.63) is 64.2 Å². The molecule has 0 saturated carbocycles. The molecule has 0 fully saturated rings. The fraction of sp³-hybridized carbons (Fsp3) is 0.286. The molecule has 3 rings (SSSR count). The highest BCUT2D eigenvalue weighted by molar-refractivity contribution is 7.99. The predicted octanol–water partition coefficient (Wildman–Crippen LogP) is 5.02. The summed E-state index contributed by atoms with van der Waals surface area (Å²) < 4.78 is 21.0. The molecule has 3 aromatic rings. The minimum absolute atomic E-state index is 0.0420. The number of carbonyl (C=O) groups is 1. The Hall–Kier alpha value is -2.58. The average Bonchev–Trinajstić information content (AvgIpc) is 3.12. The van der Waals surface area contributed by atoms with E-state index < -0.39 is 5.82 Å². The van der Waals surface area contributed by atoms with Crippen LogP contribution in [0.15, 0.2) is 41.6 Å². The van der Waals surface area contributed by atoms with Crippen molar-refractivity contribution in [1.82, 2.24) is 14.8 Å². The van der Waals surface area contributed by atoms with E-state index in [1.54, 1.807) is 0 Å². The molecule has 1 aromatic heterocycles. The lowest BCUT2D eigenvalue weighted by Gasteiger charge is -2.10. The lowest BCUT2D eigenvalue weighted by atomic mass is 10.1. The number of anilines is 1. The molecule has 158 valence electrons. The number of nitrogens with one attached hydrogen (secondary N) is 1. The Bertz CT molecular complexity index is 1060. The maximum Gasteiger partial charge on any atom is 0.234 e. The molecule has 30 heavy (non-hydrogen) atoms. The van der Waals surface area contributed by atoms with Crippen molar-refractivity contribution in [1.29, 1.82) is 0 Å². The summed E-state index contributed by atoms with van der Waals surface area (Å²) in [6.45, 7) is 7.00. The van der Waals surface area contributed by atoms with E-state index in [0.717, 1.165) is 11.3 Å². The Kier molecular flexibility index (Phi) is 7.33. The van der Waals surface area contributed by atoms with Gasteiger partial charge in [0.15, 0.2) is 11.0 Å². The second-order valence-electron chi connectivity index (χ2n) is 6.64. The Balaban J connectivity index is 1.58. The Morgan fingerprint density at radius 3 is 2.70 bits per heavy atom. The molecule has 0 aliphatic carbocycles. The van der Waals surface area contributed by atoms with Gasteiger partial charge in [-0.2, -0.15) is 0 Å². The van der Waals surface area contributed by atoms with E-state index in [0.29, 0.717) is 23.2 Å². The topological polar surface area (TPSA) is 69.0 Å². The zero-order valence-corrected chi connectivity index (χ0v) is 18.5. The highest BCUT2D eigenvalue weighted by Crippen LogP contribution is 2.22. The summed E-state index contributed by atoms with van der Waals surface area (Å²) in [7, 11) is 0. The fourth-order valence-corrected chi connectivity index (χ4v) is 3.70. The molecule has 0 unspecified atom stereocenters. The molecule has 1 N–H and O–H groups in total. The van der Waals surface area contributed by atoms with Crippen molar-refractivity contribution in [3.63, 3.8) is 0 Å². The quantitative estimate of drug-likeness (QED) is 0.490. The molecule has 0 bridgehead atoms. The summed E-state index contributed by atoms with van der Waals surface area (Å²) in [6.07, 6.45) is 0. The van der Waals surface area contributed by atoms with Crippen LogP contribution in [-0.4, -0.2) is 26.4 Å². The van der Waals surface area contributed by atoms with Crippen LogP contribution >= 0.6 is 23.4 Å². The van der Waals surface area contributed by atoms with Gasteiger partial charge in [0.1, 0.15) is 18.2 Å². The van der Waals surface area contributed by atoms with Crippen molar-refractivity contribution in [2.24, 2.45) is 0 Å². The van der Waals surface area contributed by atoms with Gasteiger partial charge in [-0.3, -0.25) is 4.79 Å². The summed E-state index contributed by atoms with van der Waals surface area (Å²) in [5.74, 6) is 0.807. The average molecular weight is 449 g/mol. The van der Waals surface area contributed by atoms with Gasteiger partial charge < -0.3 is 14.6 Å². The van der Waals surface area contributed by atoms with Gasteiger partial charge in [0, 0.05) is 12.2 Å². The van der Waals surface area contributed by atoms with E-state index in [9.17, 15) is 9.18 Å². The number of nitrogens with zero attached hydrogens (tertiary/aromatic N) is 3. The van der Waals surface area contributed by atoms with Crippen molar-refractivity contribution < 1.29 is 13.9 Å². The van der Waals surface area contributed by atoms with E-state index in [1.807, 2.05) is 36.6 Å². The predicted molar refractivity (Wildman–Crippen MR) is 117 cm³/mol. The zero-order valence-electron chi connectivity index (χ0n) is 16.9. The summed E-state index contributed by atoms with van der Waals surface area (Å²) in [4.78, 5) is 12.2. The first-order valence-corrected chi connectivity index (χ1v) is 10.7. The van der Waals surface area contributed by atoms with Crippen molar-refractivity contribution in [2.45, 2.75) is 39.1 Å². The highest BCUT2D eigenvalue weighted by atomic mass is 35.5. The lowest BCUT2D eigenvalue weighted by molar-refractivity contribution is -0.113. The molecule has 1 amide bonds. The third-order valence-electron chi connectivity index (χ3n) is 4.49. The molecule has 1 heterocycles. The Morgan fingerprint density at radius 2 is 2.00 bits per heavy atom. The molecule has 0 aliphatic rings. The first-order chi connectivity index (χ1) is 14.4. The van der Waals surface area contributed by atoms with E-state index >= 15 is 0 Å². The molecule has 0 spiro atoms. The fourth-order valence-electron chi connectivity index (χ4n) is 2.70. The van der Waals surface area contributed by atoms with Gasteiger partial charge in [-0.1, -0.05) is 29.4 Å². The van der Waals surface area contributed by atoms with Gasteiger partial charge in [-0.15, -0.1) is 10.2 Å². The second-order valence-corrected chi connectivity index (χ2v) is 7.99. The number of thioether (sulfide) groups is 1. The van der Waals surface area contributed by atoms with Gasteiger partial charge >= 0.3 is 0 Å². The van der Waals surface area contributed by atoms with Crippen LogP contribution in [0.4, 0.5) is 10.1 Å². The highest BCUT2D eigenvalue weighted by Gasteiger charge is 2.14. The van der Waals surface area contributed by atoms with Crippen molar-refractivity contribution >= 4 is 35.0 Å². The Labute approximate surface area is 183 Å². The van der Waals surface area contributed by atoms with E-state index in [-0.39, 0.29) is 23.3 Å². The van der Waals surface area contributed by atoms with Crippen LogP contribution < -0.4 is 10.1 Å². The molecular formula is C21H22ClFN4O2S. The molecule has 0 saturated heterocycles. The van der Waals surface area contributed by atoms with Crippen LogP contribution in [0.25, 0.3) is 0 Å².